The van der Waals surface area contributed by atoms with Gasteiger partial charge < -0.3 is 14.8 Å². The first-order chi connectivity index (χ1) is 11.8. The molecule has 0 saturated heterocycles. The first-order valence-electron chi connectivity index (χ1n) is 7.29. The summed E-state index contributed by atoms with van der Waals surface area (Å²) < 4.78 is 72.7. The van der Waals surface area contributed by atoms with Gasteiger partial charge in [-0.2, -0.15) is 22.0 Å². The molecule has 2 rings (SSSR count). The van der Waals surface area contributed by atoms with Gasteiger partial charge in [0.15, 0.2) is 11.5 Å². The molecule has 0 heterocycles. The fourth-order valence-electron chi connectivity index (χ4n) is 2.28. The number of nitrogens with one attached hydrogen (secondary N) is 1. The third-order valence-corrected chi connectivity index (χ3v) is 3.39. The van der Waals surface area contributed by atoms with Crippen LogP contribution in [0.1, 0.15) is 16.7 Å². The molecule has 0 unspecified atom stereocenters. The van der Waals surface area contributed by atoms with E-state index in [2.05, 4.69) is 10.1 Å². The molecule has 0 saturated carbocycles. The quantitative estimate of drug-likeness (QED) is 0.731. The highest BCUT2D eigenvalue weighted by Gasteiger charge is 2.30. The third-order valence-electron chi connectivity index (χ3n) is 3.39. The average molecular weight is 361 g/mol. The van der Waals surface area contributed by atoms with Crippen molar-refractivity contribution >= 4 is 0 Å². The second-order valence-corrected chi connectivity index (χ2v) is 5.13. The van der Waals surface area contributed by atoms with E-state index in [1.165, 1.54) is 19.2 Å². The van der Waals surface area contributed by atoms with Crippen LogP contribution in [0.15, 0.2) is 42.5 Å². The number of hydrogen-bond acceptors (Lipinski definition) is 3. The Morgan fingerprint density at radius 2 is 1.76 bits per heavy atom. The van der Waals surface area contributed by atoms with Crippen molar-refractivity contribution in [2.75, 3.05) is 7.11 Å². The lowest BCUT2D eigenvalue weighted by Crippen LogP contribution is -2.15. The molecule has 136 valence electrons. The zero-order valence-corrected chi connectivity index (χ0v) is 13.2. The molecular formula is C17H16F5NO2. The zero-order valence-electron chi connectivity index (χ0n) is 13.2. The van der Waals surface area contributed by atoms with Crippen molar-refractivity contribution in [2.24, 2.45) is 0 Å². The molecule has 0 bridgehead atoms. The Kier molecular flexibility index (Phi) is 6.19. The molecule has 0 radical (unpaired) electrons. The molecule has 0 amide bonds. The van der Waals surface area contributed by atoms with E-state index in [9.17, 15) is 22.0 Å². The third kappa shape index (κ3) is 5.32. The van der Waals surface area contributed by atoms with Gasteiger partial charge in [-0.3, -0.25) is 0 Å². The van der Waals surface area contributed by atoms with Crippen LogP contribution in [0.25, 0.3) is 0 Å². The van der Waals surface area contributed by atoms with E-state index in [1.54, 1.807) is 18.2 Å². The van der Waals surface area contributed by atoms with Crippen LogP contribution in [0.5, 0.6) is 11.5 Å². The van der Waals surface area contributed by atoms with Gasteiger partial charge in [0.1, 0.15) is 0 Å². The molecule has 0 aliphatic rings. The lowest BCUT2D eigenvalue weighted by molar-refractivity contribution is -0.137. The second kappa shape index (κ2) is 8.15. The summed E-state index contributed by atoms with van der Waals surface area (Å²) in [6, 6.07) is 9.54. The van der Waals surface area contributed by atoms with Crippen LogP contribution in [0.2, 0.25) is 0 Å². The van der Waals surface area contributed by atoms with Gasteiger partial charge in [0.25, 0.3) is 0 Å². The summed E-state index contributed by atoms with van der Waals surface area (Å²) in [5.74, 6) is 0.0511. The van der Waals surface area contributed by atoms with Crippen molar-refractivity contribution in [2.45, 2.75) is 25.9 Å². The van der Waals surface area contributed by atoms with Gasteiger partial charge in [-0.05, 0) is 17.7 Å². The summed E-state index contributed by atoms with van der Waals surface area (Å²) in [4.78, 5) is 0. The fraction of sp³-hybridized carbons (Fsp3) is 0.294. The van der Waals surface area contributed by atoms with Gasteiger partial charge in [0.2, 0.25) is 0 Å². The van der Waals surface area contributed by atoms with E-state index in [1.807, 2.05) is 0 Å². The number of rotatable bonds is 7. The van der Waals surface area contributed by atoms with Gasteiger partial charge in [-0.15, -0.1) is 0 Å². The fourth-order valence-corrected chi connectivity index (χ4v) is 2.28. The maximum atomic E-state index is 12.7. The zero-order chi connectivity index (χ0) is 18.4. The Bertz CT molecular complexity index is 704. The minimum absolute atomic E-state index is 0.100. The number of halogens is 5. The molecular weight excluding hydrogens is 345 g/mol. The average Bonchev–Trinajstić information content (AvgIpc) is 2.55. The molecule has 2 aromatic carbocycles. The first-order valence-corrected chi connectivity index (χ1v) is 7.29. The van der Waals surface area contributed by atoms with Crippen LogP contribution in [-0.2, 0) is 19.3 Å². The Balaban J connectivity index is 2.07. The molecule has 0 aliphatic heterocycles. The van der Waals surface area contributed by atoms with Crippen molar-refractivity contribution in [1.82, 2.24) is 5.32 Å². The minimum atomic E-state index is -4.42. The van der Waals surface area contributed by atoms with Crippen molar-refractivity contribution in [1.29, 1.82) is 0 Å². The number of hydrogen-bond donors (Lipinski definition) is 1. The van der Waals surface area contributed by atoms with Crippen molar-refractivity contribution in [3.05, 3.63) is 59.2 Å². The number of para-hydroxylation sites is 1. The van der Waals surface area contributed by atoms with E-state index in [0.29, 0.717) is 11.1 Å². The van der Waals surface area contributed by atoms with Gasteiger partial charge in [0.05, 0.1) is 12.7 Å². The van der Waals surface area contributed by atoms with E-state index < -0.39 is 18.4 Å². The highest BCUT2D eigenvalue weighted by molar-refractivity contribution is 5.46. The lowest BCUT2D eigenvalue weighted by atomic mass is 10.1. The van der Waals surface area contributed by atoms with Gasteiger partial charge in [-0.25, -0.2) is 0 Å². The summed E-state index contributed by atoms with van der Waals surface area (Å²) >= 11 is 0. The van der Waals surface area contributed by atoms with Gasteiger partial charge in [-0.1, -0.05) is 30.3 Å². The van der Waals surface area contributed by atoms with Crippen LogP contribution in [0.3, 0.4) is 0 Å². The summed E-state index contributed by atoms with van der Waals surface area (Å²) in [6.45, 7) is -2.76. The number of methoxy groups -OCH3 is 1. The highest BCUT2D eigenvalue weighted by atomic mass is 19.4. The number of ether oxygens (including phenoxy) is 2. The Morgan fingerprint density at radius 3 is 2.40 bits per heavy atom. The number of benzene rings is 2. The Hall–Kier alpha value is -2.35. The maximum Gasteiger partial charge on any atom is 0.416 e. The summed E-state index contributed by atoms with van der Waals surface area (Å²) in [7, 11) is 1.33. The van der Waals surface area contributed by atoms with E-state index >= 15 is 0 Å². The molecule has 3 nitrogen and oxygen atoms in total. The largest absolute Gasteiger partial charge is 0.493 e. The predicted octanol–water partition coefficient (Wildman–Crippen LogP) is 4.61. The standard InChI is InChI=1S/C17H16F5NO2/c1-24-14-7-3-5-12(15(14)25-16(18)19)10-23-9-11-4-2-6-13(8-11)17(20,21)22/h2-8,16,23H,9-10H2,1H3. The maximum absolute atomic E-state index is 12.7. The Labute approximate surface area is 141 Å². The van der Waals surface area contributed by atoms with Crippen LogP contribution in [0, 0.1) is 0 Å². The molecule has 0 aliphatic carbocycles. The van der Waals surface area contributed by atoms with Crippen LogP contribution in [-0.4, -0.2) is 13.7 Å². The monoisotopic (exact) mass is 361 g/mol. The van der Waals surface area contributed by atoms with Crippen LogP contribution >= 0.6 is 0 Å². The molecule has 2 aromatic rings. The SMILES string of the molecule is COc1cccc(CNCc2cccc(C(F)(F)F)c2)c1OC(F)F. The molecule has 0 fully saturated rings. The van der Waals surface area contributed by atoms with Crippen LogP contribution in [0.4, 0.5) is 22.0 Å². The van der Waals surface area contributed by atoms with Crippen LogP contribution < -0.4 is 14.8 Å². The summed E-state index contributed by atoms with van der Waals surface area (Å²) in [5, 5.41) is 2.91. The van der Waals surface area contributed by atoms with Gasteiger partial charge in [0, 0.05) is 18.7 Å². The van der Waals surface area contributed by atoms with E-state index in [0.717, 1.165) is 12.1 Å². The van der Waals surface area contributed by atoms with Crippen molar-refractivity contribution < 1.29 is 31.4 Å². The van der Waals surface area contributed by atoms with Crippen molar-refractivity contribution in [3.63, 3.8) is 0 Å². The smallest absolute Gasteiger partial charge is 0.416 e. The topological polar surface area (TPSA) is 30.5 Å². The normalized spacial score (nSPS) is 11.6. The molecule has 25 heavy (non-hydrogen) atoms. The summed E-state index contributed by atoms with van der Waals surface area (Å²) in [5.41, 5.74) is 0.0931. The molecule has 0 spiro atoms. The summed E-state index contributed by atoms with van der Waals surface area (Å²) in [6.07, 6.45) is -4.42. The predicted molar refractivity (Wildman–Crippen MR) is 81.6 cm³/mol. The van der Waals surface area contributed by atoms with Crippen molar-refractivity contribution in [3.8, 4) is 11.5 Å². The number of alkyl halides is 5. The molecule has 8 heteroatoms. The van der Waals surface area contributed by atoms with E-state index in [-0.39, 0.29) is 24.6 Å². The Morgan fingerprint density at radius 1 is 1.04 bits per heavy atom. The minimum Gasteiger partial charge on any atom is -0.493 e. The lowest BCUT2D eigenvalue weighted by Gasteiger charge is -2.15. The highest BCUT2D eigenvalue weighted by Crippen LogP contribution is 2.32. The van der Waals surface area contributed by atoms with E-state index in [4.69, 9.17) is 4.74 Å². The molecule has 1 N–H and O–H groups in total. The first kappa shape index (κ1) is 19.0. The van der Waals surface area contributed by atoms with Gasteiger partial charge >= 0.3 is 12.8 Å². The molecule has 0 atom stereocenters. The second-order valence-electron chi connectivity index (χ2n) is 5.13. The molecule has 0 aromatic heterocycles.